The Hall–Kier alpha value is -2.08. The van der Waals surface area contributed by atoms with E-state index in [0.717, 1.165) is 13.0 Å². The number of carbonyl (C=O) groups excluding carboxylic acids is 2. The highest BCUT2D eigenvalue weighted by molar-refractivity contribution is 5.99. The molecule has 1 aromatic rings. The quantitative estimate of drug-likeness (QED) is 0.793. The molecule has 0 bridgehead atoms. The van der Waals surface area contributed by atoms with Gasteiger partial charge in [0.05, 0.1) is 18.7 Å². The second-order valence-corrected chi connectivity index (χ2v) is 4.98. The number of nitrogens with two attached hydrogens (primary N) is 1. The number of amides is 2. The lowest BCUT2D eigenvalue weighted by atomic mass is 10.1. The Morgan fingerprint density at radius 2 is 2.19 bits per heavy atom. The van der Waals surface area contributed by atoms with E-state index < -0.39 is 5.91 Å². The molecule has 0 aliphatic carbocycles. The third kappa shape index (κ3) is 3.72. The number of hydrogen-bond acceptors (Lipinski definition) is 4. The Balaban J connectivity index is 2.26. The predicted octanol–water partition coefficient (Wildman–Crippen LogP) is 0.375. The highest BCUT2D eigenvalue weighted by Crippen LogP contribution is 2.22. The molecule has 21 heavy (non-hydrogen) atoms. The zero-order chi connectivity index (χ0) is 15.2. The van der Waals surface area contributed by atoms with Crippen molar-refractivity contribution in [3.8, 4) is 5.75 Å². The van der Waals surface area contributed by atoms with Crippen LogP contribution in [0.25, 0.3) is 0 Å². The number of nitrogens with one attached hydrogen (secondary N) is 1. The molecule has 1 unspecified atom stereocenters. The summed E-state index contributed by atoms with van der Waals surface area (Å²) in [4.78, 5) is 25.6. The van der Waals surface area contributed by atoms with Crippen LogP contribution in [0.5, 0.6) is 5.75 Å². The Kier molecular flexibility index (Phi) is 5.16. The van der Waals surface area contributed by atoms with Crippen LogP contribution in [-0.4, -0.2) is 49.0 Å². The van der Waals surface area contributed by atoms with Crippen LogP contribution in [0.15, 0.2) is 24.3 Å². The van der Waals surface area contributed by atoms with Gasteiger partial charge in [0.15, 0.2) is 0 Å². The van der Waals surface area contributed by atoms with E-state index in [1.54, 1.807) is 23.1 Å². The van der Waals surface area contributed by atoms with Gasteiger partial charge in [0.2, 0.25) is 5.91 Å². The monoisotopic (exact) mass is 291 g/mol. The summed E-state index contributed by atoms with van der Waals surface area (Å²) < 4.78 is 5.50. The van der Waals surface area contributed by atoms with Crippen molar-refractivity contribution in [1.29, 1.82) is 0 Å². The summed E-state index contributed by atoms with van der Waals surface area (Å²) in [7, 11) is 0. The third-order valence-corrected chi connectivity index (χ3v) is 3.48. The fraction of sp³-hybridized carbons (Fsp3) is 0.467. The van der Waals surface area contributed by atoms with Crippen LogP contribution in [0, 0.1) is 0 Å². The van der Waals surface area contributed by atoms with Gasteiger partial charge in [-0.25, -0.2) is 0 Å². The molecule has 6 heteroatoms. The second-order valence-electron chi connectivity index (χ2n) is 4.98. The molecule has 1 aliphatic rings. The van der Waals surface area contributed by atoms with Crippen LogP contribution >= 0.6 is 0 Å². The average Bonchev–Trinajstić information content (AvgIpc) is 2.99. The minimum absolute atomic E-state index is 0.0142. The maximum Gasteiger partial charge on any atom is 0.258 e. The van der Waals surface area contributed by atoms with Gasteiger partial charge < -0.3 is 20.7 Å². The Morgan fingerprint density at radius 3 is 2.81 bits per heavy atom. The molecule has 1 fully saturated rings. The van der Waals surface area contributed by atoms with Crippen LogP contribution in [0.4, 0.5) is 0 Å². The number of benzene rings is 1. The highest BCUT2D eigenvalue weighted by Gasteiger charge is 2.29. The van der Waals surface area contributed by atoms with Crippen LogP contribution in [0.2, 0.25) is 0 Å². The molecule has 2 amide bonds. The first-order valence-corrected chi connectivity index (χ1v) is 7.15. The summed E-state index contributed by atoms with van der Waals surface area (Å²) in [5.41, 5.74) is 5.75. The van der Waals surface area contributed by atoms with Gasteiger partial charge in [-0.1, -0.05) is 12.1 Å². The maximum absolute atomic E-state index is 12.8. The average molecular weight is 291 g/mol. The normalized spacial score (nSPS) is 17.5. The number of primary amides is 1. The smallest absolute Gasteiger partial charge is 0.258 e. The molecular weight excluding hydrogens is 270 g/mol. The van der Waals surface area contributed by atoms with E-state index in [2.05, 4.69) is 5.32 Å². The van der Waals surface area contributed by atoms with Gasteiger partial charge in [-0.2, -0.15) is 0 Å². The molecule has 0 aromatic heterocycles. The lowest BCUT2D eigenvalue weighted by Gasteiger charge is -2.28. The molecule has 1 heterocycles. The fourth-order valence-electron chi connectivity index (χ4n) is 2.52. The number of nitrogens with zero attached hydrogens (tertiary/aromatic N) is 1. The van der Waals surface area contributed by atoms with Gasteiger partial charge in [0, 0.05) is 12.6 Å². The van der Waals surface area contributed by atoms with Crippen LogP contribution < -0.4 is 15.8 Å². The van der Waals surface area contributed by atoms with E-state index in [4.69, 9.17) is 10.5 Å². The largest absolute Gasteiger partial charge is 0.493 e. The topological polar surface area (TPSA) is 84.7 Å². The molecule has 114 valence electrons. The summed E-state index contributed by atoms with van der Waals surface area (Å²) in [6, 6.07) is 7.05. The van der Waals surface area contributed by atoms with Crippen molar-refractivity contribution in [2.24, 2.45) is 5.73 Å². The van der Waals surface area contributed by atoms with Crippen molar-refractivity contribution < 1.29 is 14.3 Å². The van der Waals surface area contributed by atoms with Gasteiger partial charge in [0.25, 0.3) is 5.91 Å². The van der Waals surface area contributed by atoms with Crippen molar-refractivity contribution in [1.82, 2.24) is 10.2 Å². The first kappa shape index (κ1) is 15.3. The molecule has 0 radical (unpaired) electrons. The summed E-state index contributed by atoms with van der Waals surface area (Å²) >= 11 is 0. The number of rotatable bonds is 6. The fourth-order valence-corrected chi connectivity index (χ4v) is 2.52. The maximum atomic E-state index is 12.8. The van der Waals surface area contributed by atoms with E-state index in [-0.39, 0.29) is 18.5 Å². The molecular formula is C15H21N3O3. The first-order chi connectivity index (χ1) is 10.1. The van der Waals surface area contributed by atoms with Gasteiger partial charge in [0.1, 0.15) is 5.75 Å². The lowest BCUT2D eigenvalue weighted by molar-refractivity contribution is -0.119. The zero-order valence-corrected chi connectivity index (χ0v) is 12.2. The standard InChI is InChI=1S/C15H21N3O3/c1-2-21-13-6-4-3-5-12(13)15(20)18(10-14(16)19)11-7-8-17-9-11/h3-6,11,17H,2,7-10H2,1H3,(H2,16,19). The summed E-state index contributed by atoms with van der Waals surface area (Å²) in [6.45, 7) is 3.77. The van der Waals surface area contributed by atoms with Gasteiger partial charge in [-0.15, -0.1) is 0 Å². The third-order valence-electron chi connectivity index (χ3n) is 3.48. The molecule has 0 spiro atoms. The number of carbonyl (C=O) groups is 2. The van der Waals surface area contributed by atoms with Gasteiger partial charge in [-0.05, 0) is 32.0 Å². The minimum atomic E-state index is -0.510. The van der Waals surface area contributed by atoms with Crippen LogP contribution in [-0.2, 0) is 4.79 Å². The first-order valence-electron chi connectivity index (χ1n) is 7.15. The Labute approximate surface area is 124 Å². The summed E-state index contributed by atoms with van der Waals surface area (Å²) in [6.07, 6.45) is 0.815. The zero-order valence-electron chi connectivity index (χ0n) is 12.2. The molecule has 1 saturated heterocycles. The van der Waals surface area contributed by atoms with E-state index in [0.29, 0.717) is 24.5 Å². The van der Waals surface area contributed by atoms with Gasteiger partial charge >= 0.3 is 0 Å². The number of hydrogen-bond donors (Lipinski definition) is 2. The lowest BCUT2D eigenvalue weighted by Crippen LogP contribution is -2.46. The molecule has 1 aliphatic heterocycles. The minimum Gasteiger partial charge on any atom is -0.493 e. The van der Waals surface area contributed by atoms with Crippen LogP contribution in [0.1, 0.15) is 23.7 Å². The molecule has 3 N–H and O–H groups in total. The molecule has 0 saturated carbocycles. The van der Waals surface area contributed by atoms with E-state index >= 15 is 0 Å². The van der Waals surface area contributed by atoms with Crippen molar-refractivity contribution in [3.63, 3.8) is 0 Å². The van der Waals surface area contributed by atoms with Crippen molar-refractivity contribution in [2.45, 2.75) is 19.4 Å². The Morgan fingerprint density at radius 1 is 1.43 bits per heavy atom. The van der Waals surface area contributed by atoms with Crippen molar-refractivity contribution in [3.05, 3.63) is 29.8 Å². The predicted molar refractivity (Wildman–Crippen MR) is 79.1 cm³/mol. The molecule has 2 rings (SSSR count). The van der Waals surface area contributed by atoms with Crippen LogP contribution in [0.3, 0.4) is 0 Å². The number of ether oxygens (including phenoxy) is 1. The van der Waals surface area contributed by atoms with E-state index in [9.17, 15) is 9.59 Å². The van der Waals surface area contributed by atoms with Crippen molar-refractivity contribution in [2.75, 3.05) is 26.2 Å². The Bertz CT molecular complexity index is 513. The van der Waals surface area contributed by atoms with Gasteiger partial charge in [-0.3, -0.25) is 9.59 Å². The number of para-hydroxylation sites is 1. The summed E-state index contributed by atoms with van der Waals surface area (Å²) in [5, 5.41) is 3.19. The van der Waals surface area contributed by atoms with E-state index in [1.165, 1.54) is 0 Å². The summed E-state index contributed by atoms with van der Waals surface area (Å²) in [5.74, 6) is -0.193. The second kappa shape index (κ2) is 7.08. The SMILES string of the molecule is CCOc1ccccc1C(=O)N(CC(N)=O)C1CCNC1. The molecule has 1 aromatic carbocycles. The van der Waals surface area contributed by atoms with E-state index in [1.807, 2.05) is 13.0 Å². The molecule has 6 nitrogen and oxygen atoms in total. The highest BCUT2D eigenvalue weighted by atomic mass is 16.5. The molecule has 1 atom stereocenters. The van der Waals surface area contributed by atoms with Crippen molar-refractivity contribution >= 4 is 11.8 Å².